The van der Waals surface area contributed by atoms with Crippen LogP contribution >= 0.6 is 23.1 Å². The Hall–Kier alpha value is -1.92. The zero-order chi connectivity index (χ0) is 18.0. The van der Waals surface area contributed by atoms with E-state index in [2.05, 4.69) is 48.1 Å². The zero-order valence-electron chi connectivity index (χ0n) is 14.8. The van der Waals surface area contributed by atoms with Gasteiger partial charge < -0.3 is 0 Å². The van der Waals surface area contributed by atoms with Gasteiger partial charge in [0.25, 0.3) is 5.91 Å². The fourth-order valence-electron chi connectivity index (χ4n) is 2.47. The number of likely N-dealkylation sites (N-methyl/N-ethyl adjacent to an activating group) is 1. The molecule has 0 saturated carbocycles. The van der Waals surface area contributed by atoms with E-state index in [0.717, 1.165) is 11.3 Å². The number of carbonyl (C=O) groups is 1. The Kier molecular flexibility index (Phi) is 5.39. The number of thioether (sulfide) groups is 1. The Morgan fingerprint density at radius 2 is 2.00 bits per heavy atom. The summed E-state index contributed by atoms with van der Waals surface area (Å²) in [5.41, 5.74) is 3.27. The number of rotatable bonds is 4. The smallest absolute Gasteiger partial charge is 0.266 e. The Morgan fingerprint density at radius 1 is 1.28 bits per heavy atom. The van der Waals surface area contributed by atoms with Crippen LogP contribution < -0.4 is 0 Å². The third-order valence-corrected chi connectivity index (χ3v) is 5.76. The number of amidine groups is 1. The van der Waals surface area contributed by atoms with Gasteiger partial charge in [-0.25, -0.2) is 4.98 Å². The van der Waals surface area contributed by atoms with Crippen LogP contribution in [0.25, 0.3) is 6.08 Å². The van der Waals surface area contributed by atoms with E-state index in [-0.39, 0.29) is 5.91 Å². The quantitative estimate of drug-likeness (QED) is 0.694. The van der Waals surface area contributed by atoms with Crippen LogP contribution in [-0.4, -0.2) is 27.5 Å². The summed E-state index contributed by atoms with van der Waals surface area (Å²) in [5, 5.41) is 3.35. The van der Waals surface area contributed by atoms with Crippen molar-refractivity contribution in [1.29, 1.82) is 0 Å². The van der Waals surface area contributed by atoms with Crippen LogP contribution in [0.1, 0.15) is 43.5 Å². The molecule has 0 atom stereocenters. The van der Waals surface area contributed by atoms with Crippen molar-refractivity contribution in [2.45, 2.75) is 33.6 Å². The maximum Gasteiger partial charge on any atom is 0.266 e. The van der Waals surface area contributed by atoms with Crippen molar-refractivity contribution in [2.24, 2.45) is 4.99 Å². The van der Waals surface area contributed by atoms with Crippen LogP contribution in [-0.2, 0) is 4.79 Å². The van der Waals surface area contributed by atoms with Crippen LogP contribution in [0.3, 0.4) is 0 Å². The normalized spacial score (nSPS) is 18.1. The molecule has 2 heterocycles. The number of amides is 1. The van der Waals surface area contributed by atoms with Gasteiger partial charge in [0.05, 0.1) is 10.6 Å². The Morgan fingerprint density at radius 3 is 2.56 bits per heavy atom. The second-order valence-electron chi connectivity index (χ2n) is 6.15. The van der Waals surface area contributed by atoms with E-state index in [1.807, 2.05) is 25.3 Å². The minimum Gasteiger partial charge on any atom is -0.287 e. The van der Waals surface area contributed by atoms with Gasteiger partial charge in [-0.2, -0.15) is 4.99 Å². The van der Waals surface area contributed by atoms with Gasteiger partial charge in [0.15, 0.2) is 5.17 Å². The van der Waals surface area contributed by atoms with Crippen molar-refractivity contribution in [3.8, 4) is 0 Å². The van der Waals surface area contributed by atoms with Crippen LogP contribution in [0.15, 0.2) is 39.5 Å². The van der Waals surface area contributed by atoms with E-state index in [4.69, 9.17) is 0 Å². The summed E-state index contributed by atoms with van der Waals surface area (Å²) in [6, 6.07) is 8.36. The summed E-state index contributed by atoms with van der Waals surface area (Å²) in [6.45, 7) is 8.84. The molecular formula is C19H21N3OS2. The van der Waals surface area contributed by atoms with Gasteiger partial charge in [0, 0.05) is 11.9 Å². The van der Waals surface area contributed by atoms with Crippen LogP contribution in [0.4, 0.5) is 5.13 Å². The number of hydrogen-bond acceptors (Lipinski definition) is 5. The Balaban J connectivity index is 1.87. The van der Waals surface area contributed by atoms with E-state index in [0.29, 0.717) is 27.7 Å². The lowest BCUT2D eigenvalue weighted by atomic mass is 10.0. The molecule has 25 heavy (non-hydrogen) atoms. The van der Waals surface area contributed by atoms with Gasteiger partial charge in [-0.05, 0) is 48.7 Å². The molecule has 2 aromatic rings. The molecule has 1 amide bonds. The van der Waals surface area contributed by atoms with Crippen molar-refractivity contribution in [1.82, 2.24) is 9.88 Å². The molecule has 3 rings (SSSR count). The third kappa shape index (κ3) is 4.02. The number of carbonyl (C=O) groups excluding carboxylic acids is 1. The lowest BCUT2D eigenvalue weighted by molar-refractivity contribution is -0.122. The molecule has 0 N–H and O–H groups in total. The predicted molar refractivity (Wildman–Crippen MR) is 107 cm³/mol. The summed E-state index contributed by atoms with van der Waals surface area (Å²) < 4.78 is 0. The highest BCUT2D eigenvalue weighted by Gasteiger charge is 2.32. The molecule has 0 radical (unpaired) electrons. The van der Waals surface area contributed by atoms with Crippen molar-refractivity contribution >= 4 is 45.4 Å². The van der Waals surface area contributed by atoms with Crippen LogP contribution in [0.2, 0.25) is 0 Å². The number of benzene rings is 1. The maximum absolute atomic E-state index is 12.7. The zero-order valence-corrected chi connectivity index (χ0v) is 16.4. The summed E-state index contributed by atoms with van der Waals surface area (Å²) in [6.07, 6.45) is 1.94. The molecule has 4 nitrogen and oxygen atoms in total. The number of hydrogen-bond donors (Lipinski definition) is 0. The fraction of sp³-hybridized carbons (Fsp3) is 0.316. The van der Waals surface area contributed by atoms with Crippen LogP contribution in [0, 0.1) is 6.92 Å². The lowest BCUT2D eigenvalue weighted by Crippen LogP contribution is -2.28. The van der Waals surface area contributed by atoms with E-state index in [1.165, 1.54) is 28.7 Å². The molecule has 0 spiro atoms. The van der Waals surface area contributed by atoms with E-state index in [9.17, 15) is 4.79 Å². The maximum atomic E-state index is 12.7. The van der Waals surface area contributed by atoms with E-state index >= 15 is 0 Å². The van der Waals surface area contributed by atoms with Crippen LogP contribution in [0.5, 0.6) is 0 Å². The highest BCUT2D eigenvalue weighted by atomic mass is 32.2. The third-order valence-electron chi connectivity index (χ3n) is 3.90. The predicted octanol–water partition coefficient (Wildman–Crippen LogP) is 5.20. The molecule has 1 aromatic carbocycles. The molecule has 1 fully saturated rings. The fourth-order valence-corrected chi connectivity index (χ4v) is 4.24. The summed E-state index contributed by atoms with van der Waals surface area (Å²) in [4.78, 5) is 24.0. The minimum absolute atomic E-state index is 0.00691. The molecular weight excluding hydrogens is 350 g/mol. The van der Waals surface area contributed by atoms with Gasteiger partial charge >= 0.3 is 0 Å². The first-order chi connectivity index (χ1) is 12.0. The van der Waals surface area contributed by atoms with Gasteiger partial charge in [-0.3, -0.25) is 9.69 Å². The van der Waals surface area contributed by atoms with Crippen molar-refractivity contribution in [3.05, 3.63) is 51.4 Å². The Bertz CT molecular complexity index is 835. The largest absolute Gasteiger partial charge is 0.287 e. The molecule has 0 bridgehead atoms. The first kappa shape index (κ1) is 17.9. The average molecular weight is 372 g/mol. The lowest BCUT2D eigenvalue weighted by Gasteiger charge is -2.11. The molecule has 130 valence electrons. The van der Waals surface area contributed by atoms with Gasteiger partial charge in [0.2, 0.25) is 5.13 Å². The second kappa shape index (κ2) is 7.54. The van der Waals surface area contributed by atoms with Gasteiger partial charge in [-0.15, -0.1) is 11.3 Å². The Labute approximate surface area is 156 Å². The average Bonchev–Trinajstić information content (AvgIpc) is 3.12. The first-order valence-electron chi connectivity index (χ1n) is 8.30. The van der Waals surface area contributed by atoms with Gasteiger partial charge in [-0.1, -0.05) is 38.1 Å². The van der Waals surface area contributed by atoms with Crippen molar-refractivity contribution in [2.75, 3.05) is 6.54 Å². The number of nitrogens with zero attached hydrogens (tertiary/aromatic N) is 3. The standard InChI is InChI=1S/C19H21N3OS2/c1-5-22-17(23)16(10-14-6-8-15(9-7-14)12(2)3)25-19(22)21-18-20-13(4)11-24-18/h6-12H,5H2,1-4H3/b16-10-,21-19+. The number of aromatic nitrogens is 1. The molecule has 0 unspecified atom stereocenters. The first-order valence-corrected chi connectivity index (χ1v) is 9.99. The highest BCUT2D eigenvalue weighted by Crippen LogP contribution is 2.34. The topological polar surface area (TPSA) is 45.6 Å². The summed E-state index contributed by atoms with van der Waals surface area (Å²) >= 11 is 2.91. The van der Waals surface area contributed by atoms with E-state index < -0.39 is 0 Å². The van der Waals surface area contributed by atoms with E-state index in [1.54, 1.807) is 4.90 Å². The minimum atomic E-state index is 0.00691. The second-order valence-corrected chi connectivity index (χ2v) is 7.99. The summed E-state index contributed by atoms with van der Waals surface area (Å²) in [7, 11) is 0. The van der Waals surface area contributed by atoms with Crippen molar-refractivity contribution in [3.63, 3.8) is 0 Å². The molecule has 1 saturated heterocycles. The molecule has 1 aliphatic heterocycles. The monoisotopic (exact) mass is 371 g/mol. The number of aliphatic imine (C=N–C) groups is 1. The van der Waals surface area contributed by atoms with Crippen molar-refractivity contribution < 1.29 is 4.79 Å². The highest BCUT2D eigenvalue weighted by molar-refractivity contribution is 8.18. The molecule has 6 heteroatoms. The number of thiazole rings is 1. The molecule has 1 aromatic heterocycles. The molecule has 1 aliphatic rings. The van der Waals surface area contributed by atoms with Gasteiger partial charge in [0.1, 0.15) is 0 Å². The summed E-state index contributed by atoms with van der Waals surface area (Å²) in [5.74, 6) is 0.507. The number of aryl methyl sites for hydroxylation is 1. The molecule has 0 aliphatic carbocycles. The SMILES string of the molecule is CCN1C(=O)/C(=C/c2ccc(C(C)C)cc2)S/C1=N/c1nc(C)cs1.